The minimum absolute atomic E-state index is 0.0952. The van der Waals surface area contributed by atoms with Gasteiger partial charge in [-0.15, -0.1) is 0 Å². The van der Waals surface area contributed by atoms with Crippen molar-refractivity contribution in [3.63, 3.8) is 0 Å². The summed E-state index contributed by atoms with van der Waals surface area (Å²) in [6.45, 7) is 5.85. The molecule has 0 spiro atoms. The van der Waals surface area contributed by atoms with Crippen LogP contribution in [0.3, 0.4) is 0 Å². The van der Waals surface area contributed by atoms with Crippen LogP contribution in [0.15, 0.2) is 35.1 Å². The number of carbonyl (C=O) groups excluding carboxylic acids is 1. The zero-order chi connectivity index (χ0) is 16.7. The van der Waals surface area contributed by atoms with Crippen LogP contribution < -0.4 is 5.56 Å². The molecule has 0 unspecified atom stereocenters. The van der Waals surface area contributed by atoms with Crippen molar-refractivity contribution in [3.05, 3.63) is 46.4 Å². The largest absolute Gasteiger partial charge is 0.342 e. The summed E-state index contributed by atoms with van der Waals surface area (Å²) in [5, 5.41) is 1.55. The Morgan fingerprint density at radius 3 is 2.39 bits per heavy atom. The van der Waals surface area contributed by atoms with Crippen molar-refractivity contribution < 1.29 is 4.79 Å². The molecular formula is C19H26N2O2. The van der Waals surface area contributed by atoms with Gasteiger partial charge < -0.3 is 9.88 Å². The van der Waals surface area contributed by atoms with Crippen LogP contribution in [0, 0.1) is 0 Å². The normalized spacial score (nSPS) is 10.9. The first-order chi connectivity index (χ1) is 11.2. The Labute approximate surface area is 137 Å². The molecule has 0 aliphatic rings. The molecule has 1 aromatic heterocycles. The third-order valence-electron chi connectivity index (χ3n) is 4.07. The molecule has 0 aliphatic heterocycles. The van der Waals surface area contributed by atoms with E-state index in [4.69, 9.17) is 0 Å². The van der Waals surface area contributed by atoms with Crippen LogP contribution in [0.2, 0.25) is 0 Å². The van der Waals surface area contributed by atoms with E-state index in [0.29, 0.717) is 11.1 Å². The number of amides is 1. The zero-order valence-electron chi connectivity index (χ0n) is 14.1. The van der Waals surface area contributed by atoms with E-state index >= 15 is 0 Å². The summed E-state index contributed by atoms with van der Waals surface area (Å²) in [6.07, 6.45) is 4.44. The number of hydrogen-bond donors (Lipinski definition) is 1. The van der Waals surface area contributed by atoms with Gasteiger partial charge in [-0.05, 0) is 30.4 Å². The Hall–Kier alpha value is -2.10. The number of hydrogen-bond acceptors (Lipinski definition) is 2. The number of nitrogens with zero attached hydrogens (tertiary/aromatic N) is 1. The van der Waals surface area contributed by atoms with Crippen molar-refractivity contribution in [1.82, 2.24) is 9.88 Å². The number of fused-ring (bicyclic) bond motifs is 1. The summed E-state index contributed by atoms with van der Waals surface area (Å²) in [4.78, 5) is 29.5. The highest BCUT2D eigenvalue weighted by molar-refractivity contribution is 5.84. The van der Waals surface area contributed by atoms with Gasteiger partial charge in [-0.1, -0.05) is 44.9 Å². The van der Waals surface area contributed by atoms with Crippen LogP contribution in [0.4, 0.5) is 0 Å². The van der Waals surface area contributed by atoms with Gasteiger partial charge in [-0.25, -0.2) is 0 Å². The van der Waals surface area contributed by atoms with Crippen molar-refractivity contribution in [2.75, 3.05) is 13.1 Å². The summed E-state index contributed by atoms with van der Waals surface area (Å²) in [5.74, 6) is 0.0952. The fourth-order valence-electron chi connectivity index (χ4n) is 2.70. The smallest absolute Gasteiger partial charge is 0.256 e. The average Bonchev–Trinajstić information content (AvgIpc) is 2.55. The molecular weight excluding hydrogens is 288 g/mol. The van der Waals surface area contributed by atoms with Crippen LogP contribution in [0.25, 0.3) is 10.8 Å². The summed E-state index contributed by atoms with van der Waals surface area (Å²) >= 11 is 0. The second kappa shape index (κ2) is 8.51. The fourth-order valence-corrected chi connectivity index (χ4v) is 2.70. The summed E-state index contributed by atoms with van der Waals surface area (Å²) in [5.41, 5.74) is 0.566. The first-order valence-electron chi connectivity index (χ1n) is 8.54. The van der Waals surface area contributed by atoms with Crippen molar-refractivity contribution >= 4 is 16.7 Å². The van der Waals surface area contributed by atoms with Gasteiger partial charge in [0.25, 0.3) is 5.56 Å². The van der Waals surface area contributed by atoms with Gasteiger partial charge in [0, 0.05) is 24.2 Å². The number of pyridine rings is 1. The molecule has 4 nitrogen and oxygen atoms in total. The lowest BCUT2D eigenvalue weighted by molar-refractivity contribution is -0.130. The molecule has 0 saturated carbocycles. The molecule has 0 saturated heterocycles. The maximum atomic E-state index is 12.6. The number of carbonyl (C=O) groups is 1. The fraction of sp³-hybridized carbons (Fsp3) is 0.474. The molecule has 0 radical (unpaired) electrons. The second-order valence-corrected chi connectivity index (χ2v) is 5.98. The van der Waals surface area contributed by atoms with E-state index in [1.165, 1.54) is 0 Å². The molecule has 1 amide bonds. The second-order valence-electron chi connectivity index (χ2n) is 5.98. The van der Waals surface area contributed by atoms with Crippen molar-refractivity contribution in [1.29, 1.82) is 0 Å². The molecule has 124 valence electrons. The van der Waals surface area contributed by atoms with E-state index < -0.39 is 0 Å². The molecule has 2 rings (SSSR count). The molecule has 1 heterocycles. The van der Waals surface area contributed by atoms with Crippen molar-refractivity contribution in [2.45, 2.75) is 46.0 Å². The summed E-state index contributed by atoms with van der Waals surface area (Å²) in [6, 6.07) is 9.37. The highest BCUT2D eigenvalue weighted by Gasteiger charge is 2.14. The van der Waals surface area contributed by atoms with E-state index in [2.05, 4.69) is 18.8 Å². The SMILES string of the molecule is CCCCN(CCCC)C(=O)Cc1cc2ccccc2c(=O)[nH]1. The van der Waals surface area contributed by atoms with Gasteiger partial charge in [0.1, 0.15) is 0 Å². The number of nitrogens with one attached hydrogen (secondary N) is 1. The van der Waals surface area contributed by atoms with E-state index in [-0.39, 0.29) is 17.9 Å². The van der Waals surface area contributed by atoms with Gasteiger partial charge in [-0.3, -0.25) is 9.59 Å². The number of aromatic nitrogens is 1. The molecule has 1 N–H and O–H groups in total. The number of unbranched alkanes of at least 4 members (excludes halogenated alkanes) is 2. The molecule has 2 aromatic rings. The van der Waals surface area contributed by atoms with Crippen LogP contribution >= 0.6 is 0 Å². The van der Waals surface area contributed by atoms with E-state index in [9.17, 15) is 9.59 Å². The molecule has 0 aliphatic carbocycles. The molecule has 0 atom stereocenters. The Morgan fingerprint density at radius 2 is 1.74 bits per heavy atom. The Balaban J connectivity index is 2.15. The highest BCUT2D eigenvalue weighted by atomic mass is 16.2. The minimum Gasteiger partial charge on any atom is -0.342 e. The number of H-pyrrole nitrogens is 1. The Morgan fingerprint density at radius 1 is 1.09 bits per heavy atom. The first kappa shape index (κ1) is 17.3. The number of rotatable bonds is 8. The number of benzene rings is 1. The lowest BCUT2D eigenvalue weighted by Gasteiger charge is -2.22. The van der Waals surface area contributed by atoms with Gasteiger partial charge >= 0.3 is 0 Å². The van der Waals surface area contributed by atoms with E-state index in [1.807, 2.05) is 29.2 Å². The topological polar surface area (TPSA) is 53.2 Å². The summed E-state index contributed by atoms with van der Waals surface area (Å²) in [7, 11) is 0. The monoisotopic (exact) mass is 314 g/mol. The maximum Gasteiger partial charge on any atom is 0.256 e. The highest BCUT2D eigenvalue weighted by Crippen LogP contribution is 2.11. The van der Waals surface area contributed by atoms with Crippen LogP contribution in [0.1, 0.15) is 45.2 Å². The molecule has 0 bridgehead atoms. The van der Waals surface area contributed by atoms with Gasteiger partial charge in [0.2, 0.25) is 5.91 Å². The predicted octanol–water partition coefficient (Wildman–Crippen LogP) is 3.50. The lowest BCUT2D eigenvalue weighted by atomic mass is 10.1. The molecule has 1 aromatic carbocycles. The zero-order valence-corrected chi connectivity index (χ0v) is 14.1. The van der Waals surface area contributed by atoms with Crippen LogP contribution in [-0.4, -0.2) is 28.9 Å². The third-order valence-corrected chi connectivity index (χ3v) is 4.07. The quantitative estimate of drug-likeness (QED) is 0.811. The Bertz CT molecular complexity index is 698. The minimum atomic E-state index is -0.125. The van der Waals surface area contributed by atoms with Crippen LogP contribution in [-0.2, 0) is 11.2 Å². The first-order valence-corrected chi connectivity index (χ1v) is 8.54. The van der Waals surface area contributed by atoms with E-state index in [0.717, 1.165) is 44.2 Å². The molecule has 4 heteroatoms. The van der Waals surface area contributed by atoms with Gasteiger partial charge in [-0.2, -0.15) is 0 Å². The predicted molar refractivity (Wildman–Crippen MR) is 94.7 cm³/mol. The standard InChI is InChI=1S/C19H26N2O2/c1-3-5-11-21(12-6-4-2)18(22)14-16-13-15-9-7-8-10-17(15)19(23)20-16/h7-10,13H,3-6,11-12,14H2,1-2H3,(H,20,23). The maximum absolute atomic E-state index is 12.6. The third kappa shape index (κ3) is 4.68. The summed E-state index contributed by atoms with van der Waals surface area (Å²) < 4.78 is 0. The lowest BCUT2D eigenvalue weighted by Crippen LogP contribution is -2.34. The van der Waals surface area contributed by atoms with Gasteiger partial charge in [0.15, 0.2) is 0 Å². The molecule has 0 fully saturated rings. The van der Waals surface area contributed by atoms with E-state index in [1.54, 1.807) is 6.07 Å². The van der Waals surface area contributed by atoms with Gasteiger partial charge in [0.05, 0.1) is 6.42 Å². The Kier molecular flexibility index (Phi) is 6.39. The average molecular weight is 314 g/mol. The van der Waals surface area contributed by atoms with Crippen molar-refractivity contribution in [2.24, 2.45) is 0 Å². The molecule has 23 heavy (non-hydrogen) atoms. The van der Waals surface area contributed by atoms with Crippen LogP contribution in [0.5, 0.6) is 0 Å². The van der Waals surface area contributed by atoms with Crippen molar-refractivity contribution in [3.8, 4) is 0 Å². The number of aromatic amines is 1.